The number of nitrogens with one attached hydrogen (secondary N) is 1. The van der Waals surface area contributed by atoms with Gasteiger partial charge in [0.25, 0.3) is 0 Å². The normalized spacial score (nSPS) is 30.5. The lowest BCUT2D eigenvalue weighted by Gasteiger charge is -2.24. The zero-order chi connectivity index (χ0) is 11.0. The topological polar surface area (TPSA) is 54.2 Å². The second-order valence-electron chi connectivity index (χ2n) is 4.82. The minimum atomic E-state index is 0.685. The van der Waals surface area contributed by atoms with E-state index in [0.717, 1.165) is 18.5 Å². The van der Waals surface area contributed by atoms with E-state index in [1.807, 2.05) is 6.20 Å². The number of thiazole rings is 1. The molecule has 0 bridgehead atoms. The molecule has 0 unspecified atom stereocenters. The van der Waals surface area contributed by atoms with Gasteiger partial charge in [-0.1, -0.05) is 0 Å². The van der Waals surface area contributed by atoms with Gasteiger partial charge in [-0.25, -0.2) is 4.98 Å². The molecule has 0 aromatic carbocycles. The second-order valence-corrected chi connectivity index (χ2v) is 5.97. The van der Waals surface area contributed by atoms with Gasteiger partial charge in [0.2, 0.25) is 0 Å². The number of hydrogen-bond donors (Lipinski definition) is 2. The average molecular weight is 238 g/mol. The lowest BCUT2D eigenvalue weighted by molar-refractivity contribution is 0.315. The molecule has 0 amide bonds. The van der Waals surface area contributed by atoms with Crippen molar-refractivity contribution < 1.29 is 0 Å². The zero-order valence-electron chi connectivity index (χ0n) is 9.35. The fourth-order valence-corrected chi connectivity index (χ4v) is 3.61. The largest absolute Gasteiger partial charge is 0.375 e. The van der Waals surface area contributed by atoms with E-state index in [1.165, 1.54) is 37.4 Å². The molecular formula is C11H18N4S. The highest BCUT2D eigenvalue weighted by Crippen LogP contribution is 2.27. The smallest absolute Gasteiger partial charge is 0.180 e. The van der Waals surface area contributed by atoms with Crippen LogP contribution in [0.1, 0.15) is 17.7 Å². The molecule has 88 valence electrons. The Hall–Kier alpha value is -0.650. The van der Waals surface area contributed by atoms with Gasteiger partial charge in [-0.05, 0) is 25.3 Å². The average Bonchev–Trinajstić information content (AvgIpc) is 2.84. The van der Waals surface area contributed by atoms with Crippen molar-refractivity contribution in [3.63, 3.8) is 0 Å². The Labute approximate surface area is 99.8 Å². The van der Waals surface area contributed by atoms with Gasteiger partial charge in [0.05, 0.1) is 0 Å². The van der Waals surface area contributed by atoms with E-state index in [0.29, 0.717) is 5.13 Å². The number of aromatic nitrogens is 1. The maximum absolute atomic E-state index is 5.65. The molecule has 1 aromatic heterocycles. The summed E-state index contributed by atoms with van der Waals surface area (Å²) in [6, 6.07) is 0.721. The van der Waals surface area contributed by atoms with Crippen molar-refractivity contribution in [1.29, 1.82) is 0 Å². The highest BCUT2D eigenvalue weighted by Gasteiger charge is 2.34. The van der Waals surface area contributed by atoms with E-state index >= 15 is 0 Å². The zero-order valence-corrected chi connectivity index (χ0v) is 10.2. The Morgan fingerprint density at radius 1 is 1.56 bits per heavy atom. The van der Waals surface area contributed by atoms with Crippen molar-refractivity contribution >= 4 is 16.5 Å². The summed E-state index contributed by atoms with van der Waals surface area (Å²) >= 11 is 1.61. The first-order chi connectivity index (χ1) is 7.81. The van der Waals surface area contributed by atoms with E-state index in [9.17, 15) is 0 Å². The summed E-state index contributed by atoms with van der Waals surface area (Å²) in [5, 5.41) is 4.31. The van der Waals surface area contributed by atoms with Gasteiger partial charge in [0.15, 0.2) is 5.13 Å². The molecule has 5 heteroatoms. The number of hydrogen-bond acceptors (Lipinski definition) is 5. The van der Waals surface area contributed by atoms with E-state index in [4.69, 9.17) is 5.73 Å². The third-order valence-corrected chi connectivity index (χ3v) is 4.44. The molecule has 0 spiro atoms. The Kier molecular flexibility index (Phi) is 2.83. The summed E-state index contributed by atoms with van der Waals surface area (Å²) in [6.45, 7) is 4.63. The van der Waals surface area contributed by atoms with Gasteiger partial charge >= 0.3 is 0 Å². The first-order valence-electron chi connectivity index (χ1n) is 5.97. The molecular weight excluding hydrogens is 220 g/mol. The van der Waals surface area contributed by atoms with Crippen molar-refractivity contribution in [3.05, 3.63) is 11.1 Å². The maximum atomic E-state index is 5.65. The molecule has 2 fully saturated rings. The number of likely N-dealkylation sites (tertiary alicyclic amines) is 1. The van der Waals surface area contributed by atoms with Crippen molar-refractivity contribution in [3.8, 4) is 0 Å². The van der Waals surface area contributed by atoms with Crippen LogP contribution in [0, 0.1) is 5.92 Å². The summed E-state index contributed by atoms with van der Waals surface area (Å²) < 4.78 is 0. The third-order valence-electron chi connectivity index (χ3n) is 3.63. The second kappa shape index (κ2) is 4.31. The summed E-state index contributed by atoms with van der Waals surface area (Å²) in [7, 11) is 0. The van der Waals surface area contributed by atoms with Crippen LogP contribution in [0.4, 0.5) is 5.13 Å². The molecule has 16 heavy (non-hydrogen) atoms. The van der Waals surface area contributed by atoms with E-state index in [2.05, 4.69) is 15.2 Å². The molecule has 0 aliphatic carbocycles. The number of nitrogen functional groups attached to an aromatic ring is 1. The number of nitrogens with two attached hydrogens (primary N) is 1. The van der Waals surface area contributed by atoms with Crippen molar-refractivity contribution in [1.82, 2.24) is 15.2 Å². The summed E-state index contributed by atoms with van der Waals surface area (Å²) in [4.78, 5) is 7.92. The first kappa shape index (κ1) is 10.5. The van der Waals surface area contributed by atoms with Crippen LogP contribution in [0.5, 0.6) is 0 Å². The Morgan fingerprint density at radius 3 is 3.25 bits per heavy atom. The van der Waals surface area contributed by atoms with E-state index in [1.54, 1.807) is 11.3 Å². The molecule has 3 rings (SSSR count). The summed E-state index contributed by atoms with van der Waals surface area (Å²) in [5.74, 6) is 0.860. The summed E-state index contributed by atoms with van der Waals surface area (Å²) in [6.07, 6.45) is 4.64. The monoisotopic (exact) mass is 238 g/mol. The minimum absolute atomic E-state index is 0.685. The van der Waals surface area contributed by atoms with E-state index in [-0.39, 0.29) is 0 Å². The van der Waals surface area contributed by atoms with Gasteiger partial charge in [-0.3, -0.25) is 4.90 Å². The highest BCUT2D eigenvalue weighted by molar-refractivity contribution is 7.15. The van der Waals surface area contributed by atoms with Crippen LogP contribution in [0.3, 0.4) is 0 Å². The SMILES string of the molecule is Nc1ncc(CN2C[C@@H]3CCCN[C@@H]3C2)s1. The highest BCUT2D eigenvalue weighted by atomic mass is 32.1. The molecule has 0 saturated carbocycles. The van der Waals surface area contributed by atoms with Crippen LogP contribution in [0.2, 0.25) is 0 Å². The molecule has 2 aliphatic heterocycles. The molecule has 3 N–H and O–H groups in total. The van der Waals surface area contributed by atoms with Gasteiger partial charge < -0.3 is 11.1 Å². The van der Waals surface area contributed by atoms with Gasteiger partial charge in [-0.2, -0.15) is 0 Å². The van der Waals surface area contributed by atoms with Gasteiger partial charge in [0, 0.05) is 36.8 Å². The quantitative estimate of drug-likeness (QED) is 0.804. The Morgan fingerprint density at radius 2 is 2.50 bits per heavy atom. The standard InChI is InChI=1S/C11H18N4S/c12-11-14-4-9(16-11)6-15-5-8-2-1-3-13-10(8)7-15/h4,8,10,13H,1-3,5-7H2,(H2,12,14)/t8-,10+/m0/s1. The number of anilines is 1. The molecule has 2 saturated heterocycles. The number of rotatable bonds is 2. The van der Waals surface area contributed by atoms with Crippen LogP contribution >= 0.6 is 11.3 Å². The lowest BCUT2D eigenvalue weighted by Crippen LogP contribution is -2.40. The lowest BCUT2D eigenvalue weighted by atomic mass is 9.94. The molecule has 2 atom stereocenters. The van der Waals surface area contributed by atoms with Crippen molar-refractivity contribution in [2.75, 3.05) is 25.4 Å². The first-order valence-corrected chi connectivity index (χ1v) is 6.79. The van der Waals surface area contributed by atoms with Crippen LogP contribution < -0.4 is 11.1 Å². The third kappa shape index (κ3) is 2.07. The molecule has 2 aliphatic rings. The summed E-state index contributed by atoms with van der Waals surface area (Å²) in [5.41, 5.74) is 5.65. The fourth-order valence-electron chi connectivity index (χ4n) is 2.88. The minimum Gasteiger partial charge on any atom is -0.375 e. The van der Waals surface area contributed by atoms with Crippen LogP contribution in [0.15, 0.2) is 6.20 Å². The molecule has 0 radical (unpaired) electrons. The number of fused-ring (bicyclic) bond motifs is 1. The molecule has 3 heterocycles. The van der Waals surface area contributed by atoms with Crippen molar-refractivity contribution in [2.24, 2.45) is 5.92 Å². The molecule has 4 nitrogen and oxygen atoms in total. The van der Waals surface area contributed by atoms with Crippen LogP contribution in [-0.4, -0.2) is 35.6 Å². The van der Waals surface area contributed by atoms with Crippen molar-refractivity contribution in [2.45, 2.75) is 25.4 Å². The predicted octanol–water partition coefficient (Wildman–Crippen LogP) is 0.909. The van der Waals surface area contributed by atoms with Gasteiger partial charge in [0.1, 0.15) is 0 Å². The number of nitrogens with zero attached hydrogens (tertiary/aromatic N) is 2. The van der Waals surface area contributed by atoms with Crippen LogP contribution in [-0.2, 0) is 6.54 Å². The van der Waals surface area contributed by atoms with Gasteiger partial charge in [-0.15, -0.1) is 11.3 Å². The van der Waals surface area contributed by atoms with E-state index < -0.39 is 0 Å². The predicted molar refractivity (Wildman–Crippen MR) is 66.3 cm³/mol. The maximum Gasteiger partial charge on any atom is 0.180 e. The molecule has 1 aromatic rings. The Bertz CT molecular complexity index is 351. The Balaban J connectivity index is 1.61. The fraction of sp³-hybridized carbons (Fsp3) is 0.727. The number of piperidine rings is 1. The van der Waals surface area contributed by atoms with Crippen LogP contribution in [0.25, 0.3) is 0 Å².